The van der Waals surface area contributed by atoms with Crippen LogP contribution in [0.2, 0.25) is 0 Å². The maximum absolute atomic E-state index is 12.7. The van der Waals surface area contributed by atoms with Crippen LogP contribution in [0, 0.1) is 5.92 Å². The van der Waals surface area contributed by atoms with Crippen molar-refractivity contribution in [1.82, 2.24) is 5.32 Å². The van der Waals surface area contributed by atoms with E-state index in [9.17, 15) is 9.59 Å². The first-order valence-corrected chi connectivity index (χ1v) is 10.2. The van der Waals surface area contributed by atoms with Gasteiger partial charge < -0.3 is 20.3 Å². The molecule has 1 aliphatic rings. The van der Waals surface area contributed by atoms with Crippen LogP contribution in [0.1, 0.15) is 26.7 Å². The zero-order valence-electron chi connectivity index (χ0n) is 17.1. The number of ether oxygens (including phenoxy) is 1. The van der Waals surface area contributed by atoms with E-state index in [0.29, 0.717) is 5.75 Å². The number of nitrogens with one attached hydrogen (secondary N) is 2. The van der Waals surface area contributed by atoms with Crippen LogP contribution >= 0.6 is 0 Å². The lowest BCUT2D eigenvalue weighted by Gasteiger charge is -2.22. The Morgan fingerprint density at radius 1 is 1.00 bits per heavy atom. The van der Waals surface area contributed by atoms with Gasteiger partial charge in [-0.15, -0.1) is 0 Å². The van der Waals surface area contributed by atoms with Gasteiger partial charge in [-0.1, -0.05) is 32.0 Å². The summed E-state index contributed by atoms with van der Waals surface area (Å²) in [6, 6.07) is 16.3. The van der Waals surface area contributed by atoms with E-state index in [0.717, 1.165) is 18.8 Å². The van der Waals surface area contributed by atoms with E-state index in [2.05, 4.69) is 15.5 Å². The van der Waals surface area contributed by atoms with Crippen LogP contribution in [-0.4, -0.2) is 37.6 Å². The van der Waals surface area contributed by atoms with E-state index in [4.69, 9.17) is 4.74 Å². The Bertz CT molecular complexity index is 800. The van der Waals surface area contributed by atoms with Gasteiger partial charge in [-0.05, 0) is 55.2 Å². The first kappa shape index (κ1) is 20.7. The summed E-state index contributed by atoms with van der Waals surface area (Å²) in [4.78, 5) is 27.3. The van der Waals surface area contributed by atoms with Crippen molar-refractivity contribution < 1.29 is 14.3 Å². The average Bonchev–Trinajstić information content (AvgIpc) is 3.26. The van der Waals surface area contributed by atoms with Gasteiger partial charge in [-0.3, -0.25) is 9.59 Å². The van der Waals surface area contributed by atoms with Crippen molar-refractivity contribution in [3.63, 3.8) is 0 Å². The Labute approximate surface area is 172 Å². The number of carbonyl (C=O) groups excluding carboxylic acids is 2. The molecule has 2 amide bonds. The Kier molecular flexibility index (Phi) is 7.11. The Morgan fingerprint density at radius 2 is 1.66 bits per heavy atom. The second-order valence-electron chi connectivity index (χ2n) is 7.62. The third-order valence-electron chi connectivity index (χ3n) is 4.98. The molecule has 1 fully saturated rings. The van der Waals surface area contributed by atoms with Crippen LogP contribution in [0.5, 0.6) is 5.75 Å². The van der Waals surface area contributed by atoms with Crippen LogP contribution in [-0.2, 0) is 9.59 Å². The van der Waals surface area contributed by atoms with E-state index >= 15 is 0 Å². The van der Waals surface area contributed by atoms with Crippen molar-refractivity contribution in [3.8, 4) is 5.75 Å². The average molecular weight is 396 g/mol. The first-order chi connectivity index (χ1) is 14.0. The minimum absolute atomic E-state index is 0.0560. The van der Waals surface area contributed by atoms with Crippen LogP contribution in [0.15, 0.2) is 54.6 Å². The molecule has 1 atom stereocenters. The molecule has 2 aromatic carbocycles. The summed E-state index contributed by atoms with van der Waals surface area (Å²) in [6.07, 6.45) is 2.45. The molecule has 0 aromatic heterocycles. The molecule has 0 bridgehead atoms. The topological polar surface area (TPSA) is 70.7 Å². The van der Waals surface area contributed by atoms with Crippen LogP contribution in [0.3, 0.4) is 0 Å². The number of nitrogens with zero attached hydrogens (tertiary/aromatic N) is 1. The third kappa shape index (κ3) is 5.98. The summed E-state index contributed by atoms with van der Waals surface area (Å²) in [7, 11) is 0. The van der Waals surface area contributed by atoms with E-state index in [1.165, 1.54) is 18.5 Å². The lowest BCUT2D eigenvalue weighted by Crippen LogP contribution is -2.48. The zero-order valence-corrected chi connectivity index (χ0v) is 17.1. The highest BCUT2D eigenvalue weighted by molar-refractivity contribution is 5.97. The van der Waals surface area contributed by atoms with Gasteiger partial charge in [0.2, 0.25) is 5.91 Å². The van der Waals surface area contributed by atoms with E-state index < -0.39 is 6.04 Å². The first-order valence-electron chi connectivity index (χ1n) is 10.2. The molecule has 29 heavy (non-hydrogen) atoms. The number of rotatable bonds is 8. The number of para-hydroxylation sites is 1. The molecule has 6 heteroatoms. The Hall–Kier alpha value is -3.02. The van der Waals surface area contributed by atoms with E-state index in [1.54, 1.807) is 12.1 Å². The molecular formula is C23H29N3O3. The van der Waals surface area contributed by atoms with Gasteiger partial charge in [0, 0.05) is 24.5 Å². The lowest BCUT2D eigenvalue weighted by molar-refractivity contribution is -0.128. The van der Waals surface area contributed by atoms with E-state index in [-0.39, 0.29) is 24.3 Å². The smallest absolute Gasteiger partial charge is 0.258 e. The van der Waals surface area contributed by atoms with Crippen molar-refractivity contribution in [2.45, 2.75) is 32.7 Å². The van der Waals surface area contributed by atoms with Gasteiger partial charge in [-0.25, -0.2) is 0 Å². The second kappa shape index (κ2) is 9.96. The van der Waals surface area contributed by atoms with Crippen molar-refractivity contribution >= 4 is 23.2 Å². The molecule has 3 rings (SSSR count). The molecule has 0 spiro atoms. The fraction of sp³-hybridized carbons (Fsp3) is 0.391. The highest BCUT2D eigenvalue weighted by Gasteiger charge is 2.24. The maximum atomic E-state index is 12.7. The number of amides is 2. The fourth-order valence-electron chi connectivity index (χ4n) is 3.37. The SMILES string of the molecule is CC(C)C(NC(=O)COc1ccccc1)C(=O)Nc1ccc(N2CCCC2)cc1. The molecule has 1 unspecified atom stereocenters. The molecular weight excluding hydrogens is 366 g/mol. The standard InChI is InChI=1S/C23H29N3O3/c1-17(2)22(25-21(27)16-29-20-8-4-3-5-9-20)23(28)24-18-10-12-19(13-11-18)26-14-6-7-15-26/h3-5,8-13,17,22H,6-7,14-16H2,1-2H3,(H,24,28)(H,25,27). The number of hydrogen-bond acceptors (Lipinski definition) is 4. The normalized spacial score (nSPS) is 14.5. The van der Waals surface area contributed by atoms with Crippen LogP contribution < -0.4 is 20.3 Å². The molecule has 0 saturated carbocycles. The molecule has 2 aromatic rings. The van der Waals surface area contributed by atoms with Crippen molar-refractivity contribution in [3.05, 3.63) is 54.6 Å². The molecule has 1 heterocycles. The maximum Gasteiger partial charge on any atom is 0.258 e. The largest absolute Gasteiger partial charge is 0.484 e. The van der Waals surface area contributed by atoms with Gasteiger partial charge in [0.25, 0.3) is 5.91 Å². The summed E-state index contributed by atoms with van der Waals surface area (Å²) < 4.78 is 5.46. The quantitative estimate of drug-likeness (QED) is 0.718. The van der Waals surface area contributed by atoms with Gasteiger partial charge in [-0.2, -0.15) is 0 Å². The van der Waals surface area contributed by atoms with Gasteiger partial charge in [0.15, 0.2) is 6.61 Å². The van der Waals surface area contributed by atoms with Crippen molar-refractivity contribution in [1.29, 1.82) is 0 Å². The highest BCUT2D eigenvalue weighted by atomic mass is 16.5. The highest BCUT2D eigenvalue weighted by Crippen LogP contribution is 2.22. The second-order valence-corrected chi connectivity index (χ2v) is 7.62. The van der Waals surface area contributed by atoms with Crippen molar-refractivity contribution in [2.24, 2.45) is 5.92 Å². The minimum atomic E-state index is -0.639. The predicted molar refractivity (Wildman–Crippen MR) is 115 cm³/mol. The molecule has 154 valence electrons. The van der Waals surface area contributed by atoms with Gasteiger partial charge in [0.05, 0.1) is 0 Å². The van der Waals surface area contributed by atoms with Gasteiger partial charge >= 0.3 is 0 Å². The number of benzene rings is 2. The molecule has 1 aliphatic heterocycles. The molecule has 2 N–H and O–H groups in total. The molecule has 1 saturated heterocycles. The molecule has 0 aliphatic carbocycles. The number of anilines is 2. The summed E-state index contributed by atoms with van der Waals surface area (Å²) in [5, 5.41) is 5.69. The predicted octanol–water partition coefficient (Wildman–Crippen LogP) is 3.45. The summed E-state index contributed by atoms with van der Waals surface area (Å²) in [5.41, 5.74) is 1.89. The monoisotopic (exact) mass is 395 g/mol. The minimum Gasteiger partial charge on any atom is -0.484 e. The summed E-state index contributed by atoms with van der Waals surface area (Å²) in [6.45, 7) is 5.83. The molecule has 0 radical (unpaired) electrons. The Balaban J connectivity index is 1.53. The molecule has 6 nitrogen and oxygen atoms in total. The zero-order chi connectivity index (χ0) is 20.6. The Morgan fingerprint density at radius 3 is 2.28 bits per heavy atom. The summed E-state index contributed by atoms with van der Waals surface area (Å²) >= 11 is 0. The van der Waals surface area contributed by atoms with Gasteiger partial charge in [0.1, 0.15) is 11.8 Å². The third-order valence-corrected chi connectivity index (χ3v) is 4.98. The van der Waals surface area contributed by atoms with E-state index in [1.807, 2.05) is 56.3 Å². The number of carbonyl (C=O) groups is 2. The van der Waals surface area contributed by atoms with Crippen LogP contribution in [0.4, 0.5) is 11.4 Å². The van der Waals surface area contributed by atoms with Crippen molar-refractivity contribution in [2.75, 3.05) is 29.9 Å². The van der Waals surface area contributed by atoms with Crippen LogP contribution in [0.25, 0.3) is 0 Å². The lowest BCUT2D eigenvalue weighted by atomic mass is 10.0. The summed E-state index contributed by atoms with van der Waals surface area (Å²) in [5.74, 6) is -0.0000861. The fourth-order valence-corrected chi connectivity index (χ4v) is 3.37. The number of hydrogen-bond donors (Lipinski definition) is 2.